The monoisotopic (exact) mass is 351 g/mol. The molecule has 1 aromatic carbocycles. The highest BCUT2D eigenvalue weighted by Crippen LogP contribution is 2.33. The zero-order valence-corrected chi connectivity index (χ0v) is 14.4. The van der Waals surface area contributed by atoms with Crippen LogP contribution < -0.4 is 5.32 Å². The zero-order chi connectivity index (χ0) is 17.8. The molecule has 1 aliphatic rings. The van der Waals surface area contributed by atoms with Gasteiger partial charge in [-0.3, -0.25) is 9.89 Å². The van der Waals surface area contributed by atoms with Gasteiger partial charge in [0.05, 0.1) is 29.7 Å². The number of aromatic amines is 1. The van der Waals surface area contributed by atoms with Crippen LogP contribution >= 0.6 is 0 Å². The lowest BCUT2D eigenvalue weighted by Gasteiger charge is -2.21. The molecular formula is C18H21N7O. The van der Waals surface area contributed by atoms with Crippen molar-refractivity contribution in [1.82, 2.24) is 35.7 Å². The van der Waals surface area contributed by atoms with E-state index in [0.717, 1.165) is 24.2 Å². The van der Waals surface area contributed by atoms with Gasteiger partial charge in [-0.2, -0.15) is 9.78 Å². The molecule has 2 heterocycles. The van der Waals surface area contributed by atoms with Crippen LogP contribution in [0.1, 0.15) is 59.9 Å². The molecule has 0 saturated heterocycles. The maximum absolute atomic E-state index is 12.7. The third-order valence-corrected chi connectivity index (χ3v) is 4.87. The Balaban J connectivity index is 1.46. The minimum absolute atomic E-state index is 0.151. The molecule has 0 bridgehead atoms. The number of carbonyl (C=O) groups is 1. The Morgan fingerprint density at radius 1 is 1.19 bits per heavy atom. The number of benzene rings is 1. The normalized spacial score (nSPS) is 15.1. The van der Waals surface area contributed by atoms with Gasteiger partial charge in [0, 0.05) is 5.92 Å². The molecule has 2 N–H and O–H groups in total. The van der Waals surface area contributed by atoms with Gasteiger partial charge in [-0.05, 0) is 35.4 Å². The summed E-state index contributed by atoms with van der Waals surface area (Å²) in [6.07, 6.45) is 7.50. The summed E-state index contributed by atoms with van der Waals surface area (Å²) in [7, 11) is 0. The van der Waals surface area contributed by atoms with Gasteiger partial charge in [-0.15, -0.1) is 5.10 Å². The van der Waals surface area contributed by atoms with E-state index in [2.05, 4.69) is 31.0 Å². The van der Waals surface area contributed by atoms with Gasteiger partial charge in [-0.25, -0.2) is 0 Å². The SMILES string of the molecule is O=C(NCc1nnnn1-c1ccccc1)c1cn[nH]c1C1CCCCC1. The van der Waals surface area contributed by atoms with Crippen LogP contribution in [0.15, 0.2) is 36.5 Å². The predicted octanol–water partition coefficient (Wildman–Crippen LogP) is 2.36. The number of nitrogens with one attached hydrogen (secondary N) is 2. The summed E-state index contributed by atoms with van der Waals surface area (Å²) < 4.78 is 1.62. The van der Waals surface area contributed by atoms with Crippen molar-refractivity contribution in [3.8, 4) is 5.69 Å². The molecule has 0 atom stereocenters. The first kappa shape index (κ1) is 16.4. The maximum atomic E-state index is 12.7. The highest BCUT2D eigenvalue weighted by atomic mass is 16.1. The van der Waals surface area contributed by atoms with E-state index in [1.165, 1.54) is 19.3 Å². The Bertz CT molecular complexity index is 865. The molecule has 1 amide bonds. The second-order valence-corrected chi connectivity index (χ2v) is 6.56. The van der Waals surface area contributed by atoms with E-state index in [1.807, 2.05) is 30.3 Å². The highest BCUT2D eigenvalue weighted by Gasteiger charge is 2.23. The van der Waals surface area contributed by atoms with E-state index < -0.39 is 0 Å². The van der Waals surface area contributed by atoms with Crippen molar-refractivity contribution in [1.29, 1.82) is 0 Å². The largest absolute Gasteiger partial charge is 0.345 e. The molecule has 3 aromatic rings. The highest BCUT2D eigenvalue weighted by molar-refractivity contribution is 5.95. The number of para-hydroxylation sites is 1. The Hall–Kier alpha value is -3.03. The number of aromatic nitrogens is 6. The summed E-state index contributed by atoms with van der Waals surface area (Å²) in [5.41, 5.74) is 2.42. The second-order valence-electron chi connectivity index (χ2n) is 6.56. The smallest absolute Gasteiger partial charge is 0.255 e. The summed E-state index contributed by atoms with van der Waals surface area (Å²) in [6.45, 7) is 0.246. The van der Waals surface area contributed by atoms with Crippen molar-refractivity contribution in [2.45, 2.75) is 44.6 Å². The van der Waals surface area contributed by atoms with Gasteiger partial charge in [0.2, 0.25) is 0 Å². The second kappa shape index (κ2) is 7.47. The molecule has 2 aromatic heterocycles. The van der Waals surface area contributed by atoms with Gasteiger partial charge < -0.3 is 5.32 Å². The summed E-state index contributed by atoms with van der Waals surface area (Å²) in [6, 6.07) is 9.60. The van der Waals surface area contributed by atoms with Crippen molar-refractivity contribution in [3.05, 3.63) is 53.6 Å². The molecule has 0 spiro atoms. The first-order valence-corrected chi connectivity index (χ1v) is 8.97. The molecule has 1 aliphatic carbocycles. The lowest BCUT2D eigenvalue weighted by molar-refractivity contribution is 0.0948. The maximum Gasteiger partial charge on any atom is 0.255 e. The number of amides is 1. The number of H-pyrrole nitrogens is 1. The van der Waals surface area contributed by atoms with Crippen molar-refractivity contribution in [3.63, 3.8) is 0 Å². The number of nitrogens with zero attached hydrogens (tertiary/aromatic N) is 5. The molecule has 0 unspecified atom stereocenters. The summed E-state index contributed by atoms with van der Waals surface area (Å²) >= 11 is 0. The van der Waals surface area contributed by atoms with Gasteiger partial charge in [-0.1, -0.05) is 37.5 Å². The summed E-state index contributed by atoms with van der Waals surface area (Å²) in [5, 5.41) is 21.8. The van der Waals surface area contributed by atoms with Gasteiger partial charge in [0.15, 0.2) is 5.82 Å². The predicted molar refractivity (Wildman–Crippen MR) is 94.7 cm³/mol. The lowest BCUT2D eigenvalue weighted by atomic mass is 9.85. The molecular weight excluding hydrogens is 330 g/mol. The molecule has 1 saturated carbocycles. The number of rotatable bonds is 5. The molecule has 134 valence electrons. The first-order valence-electron chi connectivity index (χ1n) is 8.97. The number of tetrazole rings is 1. The molecule has 8 nitrogen and oxygen atoms in total. The fourth-order valence-electron chi connectivity index (χ4n) is 3.52. The van der Waals surface area contributed by atoms with Crippen LogP contribution in [0.2, 0.25) is 0 Å². The van der Waals surface area contributed by atoms with Gasteiger partial charge in [0.1, 0.15) is 0 Å². The van der Waals surface area contributed by atoms with E-state index in [9.17, 15) is 4.79 Å². The average molecular weight is 351 g/mol. The number of hydrogen-bond acceptors (Lipinski definition) is 5. The Morgan fingerprint density at radius 3 is 2.81 bits per heavy atom. The fourth-order valence-corrected chi connectivity index (χ4v) is 3.52. The molecule has 4 rings (SSSR count). The van der Waals surface area contributed by atoms with Crippen molar-refractivity contribution >= 4 is 5.91 Å². The minimum atomic E-state index is -0.151. The van der Waals surface area contributed by atoms with Crippen LogP contribution in [0.5, 0.6) is 0 Å². The van der Waals surface area contributed by atoms with Crippen molar-refractivity contribution < 1.29 is 4.79 Å². The lowest BCUT2D eigenvalue weighted by Crippen LogP contribution is -2.26. The first-order chi connectivity index (χ1) is 12.8. The molecule has 26 heavy (non-hydrogen) atoms. The van der Waals surface area contributed by atoms with Crippen LogP contribution in [0.3, 0.4) is 0 Å². The van der Waals surface area contributed by atoms with E-state index in [1.54, 1.807) is 10.9 Å². The molecule has 1 fully saturated rings. The van der Waals surface area contributed by atoms with Crippen LogP contribution in [-0.4, -0.2) is 36.3 Å². The van der Waals surface area contributed by atoms with Crippen LogP contribution in [0.4, 0.5) is 0 Å². The van der Waals surface area contributed by atoms with Gasteiger partial charge >= 0.3 is 0 Å². The number of hydrogen-bond donors (Lipinski definition) is 2. The molecule has 8 heteroatoms. The van der Waals surface area contributed by atoms with E-state index in [0.29, 0.717) is 17.3 Å². The Labute approximate surface area is 151 Å². The van der Waals surface area contributed by atoms with E-state index in [-0.39, 0.29) is 12.5 Å². The average Bonchev–Trinajstić information content (AvgIpc) is 3.37. The van der Waals surface area contributed by atoms with E-state index in [4.69, 9.17) is 0 Å². The van der Waals surface area contributed by atoms with Crippen LogP contribution in [0, 0.1) is 0 Å². The number of carbonyl (C=O) groups excluding carboxylic acids is 1. The van der Waals surface area contributed by atoms with Crippen LogP contribution in [-0.2, 0) is 6.54 Å². The topological polar surface area (TPSA) is 101 Å². The fraction of sp³-hybridized carbons (Fsp3) is 0.389. The third kappa shape index (κ3) is 3.35. The van der Waals surface area contributed by atoms with E-state index >= 15 is 0 Å². The Kier molecular flexibility index (Phi) is 4.72. The standard InChI is InChI=1S/C18H21N7O/c26-18(15-11-20-22-17(15)13-7-3-1-4-8-13)19-12-16-21-23-24-25(16)14-9-5-2-6-10-14/h2,5-6,9-11,13H,1,3-4,7-8,12H2,(H,19,26)(H,20,22). The molecule has 0 aliphatic heterocycles. The zero-order valence-electron chi connectivity index (χ0n) is 14.4. The summed E-state index contributed by atoms with van der Waals surface area (Å²) in [4.78, 5) is 12.7. The summed E-state index contributed by atoms with van der Waals surface area (Å²) in [5.74, 6) is 0.816. The van der Waals surface area contributed by atoms with Gasteiger partial charge in [0.25, 0.3) is 5.91 Å². The molecule has 0 radical (unpaired) electrons. The van der Waals surface area contributed by atoms with Crippen LogP contribution in [0.25, 0.3) is 5.69 Å². The quantitative estimate of drug-likeness (QED) is 0.735. The minimum Gasteiger partial charge on any atom is -0.345 e. The third-order valence-electron chi connectivity index (χ3n) is 4.87. The van der Waals surface area contributed by atoms with Crippen molar-refractivity contribution in [2.75, 3.05) is 0 Å². The Morgan fingerprint density at radius 2 is 2.00 bits per heavy atom. The van der Waals surface area contributed by atoms with Crippen molar-refractivity contribution in [2.24, 2.45) is 0 Å².